The van der Waals surface area contributed by atoms with Gasteiger partial charge in [-0.25, -0.2) is 0 Å². The van der Waals surface area contributed by atoms with Crippen LogP contribution in [-0.4, -0.2) is 18.5 Å². The van der Waals surface area contributed by atoms with E-state index in [1.165, 1.54) is 30.6 Å². The Balaban J connectivity index is 1.66. The number of anilines is 1. The molecule has 1 unspecified atom stereocenters. The van der Waals surface area contributed by atoms with E-state index in [4.69, 9.17) is 10.5 Å². The summed E-state index contributed by atoms with van der Waals surface area (Å²) in [5.41, 5.74) is 6.77. The summed E-state index contributed by atoms with van der Waals surface area (Å²) in [6.45, 7) is 0.962. The summed E-state index contributed by atoms with van der Waals surface area (Å²) in [4.78, 5) is 1.20. The average molecular weight is 237 g/mol. The van der Waals surface area contributed by atoms with Crippen molar-refractivity contribution < 1.29 is 4.74 Å². The van der Waals surface area contributed by atoms with Crippen LogP contribution in [0.15, 0.2) is 29.2 Å². The zero-order valence-electron chi connectivity index (χ0n) is 9.52. The molecule has 1 saturated heterocycles. The maximum atomic E-state index is 5.88. The molecule has 0 spiro atoms. The molecule has 2 N–H and O–H groups in total. The molecule has 16 heavy (non-hydrogen) atoms. The first-order chi connectivity index (χ1) is 7.86. The quantitative estimate of drug-likeness (QED) is 0.485. The first-order valence-corrected chi connectivity index (χ1v) is 6.94. The Bertz CT molecular complexity index is 323. The summed E-state index contributed by atoms with van der Waals surface area (Å²) in [6, 6.07) is 8.07. The van der Waals surface area contributed by atoms with Crippen molar-refractivity contribution in [2.75, 3.05) is 18.1 Å². The van der Waals surface area contributed by atoms with Crippen LogP contribution >= 0.6 is 11.8 Å². The molecule has 0 aliphatic carbocycles. The number of nitrogen functional groups attached to an aromatic ring is 1. The van der Waals surface area contributed by atoms with Gasteiger partial charge in [0.15, 0.2) is 0 Å². The summed E-state index contributed by atoms with van der Waals surface area (Å²) in [7, 11) is 0. The predicted octanol–water partition coefficient (Wildman–Crippen LogP) is 3.32. The molecule has 0 bridgehead atoms. The topological polar surface area (TPSA) is 35.2 Å². The molecule has 1 aliphatic rings. The second-order valence-corrected chi connectivity index (χ2v) is 5.30. The molecule has 2 nitrogen and oxygen atoms in total. The van der Waals surface area contributed by atoms with Crippen LogP contribution in [0.25, 0.3) is 0 Å². The SMILES string of the molecule is Nc1ccccc1SCCCC1CCCO1. The molecular formula is C13H19NOS. The first kappa shape index (κ1) is 11.8. The molecule has 1 heterocycles. The molecule has 0 aromatic heterocycles. The second-order valence-electron chi connectivity index (χ2n) is 4.16. The normalized spacial score (nSPS) is 20.1. The van der Waals surface area contributed by atoms with Gasteiger partial charge in [0.2, 0.25) is 0 Å². The van der Waals surface area contributed by atoms with Crippen molar-refractivity contribution in [3.05, 3.63) is 24.3 Å². The highest BCUT2D eigenvalue weighted by atomic mass is 32.2. The van der Waals surface area contributed by atoms with E-state index in [1.807, 2.05) is 30.0 Å². The highest BCUT2D eigenvalue weighted by Gasteiger charge is 2.14. The lowest BCUT2D eigenvalue weighted by atomic mass is 10.1. The van der Waals surface area contributed by atoms with Gasteiger partial charge in [-0.05, 0) is 43.6 Å². The van der Waals surface area contributed by atoms with Crippen LogP contribution in [0.1, 0.15) is 25.7 Å². The summed E-state index contributed by atoms with van der Waals surface area (Å²) in [5.74, 6) is 1.13. The fourth-order valence-corrected chi connectivity index (χ4v) is 2.92. The van der Waals surface area contributed by atoms with Crippen LogP contribution in [0.2, 0.25) is 0 Å². The van der Waals surface area contributed by atoms with Crippen LogP contribution in [0, 0.1) is 0 Å². The van der Waals surface area contributed by atoms with Gasteiger partial charge in [-0.3, -0.25) is 0 Å². The molecule has 1 aromatic carbocycles. The Morgan fingerprint density at radius 1 is 1.38 bits per heavy atom. The molecule has 1 aliphatic heterocycles. The van der Waals surface area contributed by atoms with Crippen molar-refractivity contribution in [2.24, 2.45) is 0 Å². The number of nitrogens with two attached hydrogens (primary N) is 1. The molecule has 0 saturated carbocycles. The van der Waals surface area contributed by atoms with Crippen molar-refractivity contribution in [2.45, 2.75) is 36.7 Å². The standard InChI is InChI=1S/C13H19NOS/c14-12-7-1-2-8-13(12)16-10-4-6-11-5-3-9-15-11/h1-2,7-8,11H,3-6,9-10,14H2. The number of rotatable bonds is 5. The fraction of sp³-hybridized carbons (Fsp3) is 0.538. The minimum Gasteiger partial charge on any atom is -0.398 e. The van der Waals surface area contributed by atoms with E-state index < -0.39 is 0 Å². The van der Waals surface area contributed by atoms with Crippen molar-refractivity contribution in [1.29, 1.82) is 0 Å². The Labute approximate surface area is 102 Å². The summed E-state index contributed by atoms with van der Waals surface area (Å²) >= 11 is 1.85. The Morgan fingerprint density at radius 3 is 3.00 bits per heavy atom. The number of benzene rings is 1. The van der Waals surface area contributed by atoms with Crippen molar-refractivity contribution in [3.8, 4) is 0 Å². The van der Waals surface area contributed by atoms with Gasteiger partial charge in [-0.1, -0.05) is 12.1 Å². The summed E-state index contributed by atoms with van der Waals surface area (Å²) in [6.07, 6.45) is 5.42. The molecule has 0 radical (unpaired) electrons. The van der Waals surface area contributed by atoms with E-state index in [9.17, 15) is 0 Å². The molecule has 1 atom stereocenters. The number of hydrogen-bond acceptors (Lipinski definition) is 3. The monoisotopic (exact) mass is 237 g/mol. The highest BCUT2D eigenvalue weighted by Crippen LogP contribution is 2.26. The maximum Gasteiger partial charge on any atom is 0.0576 e. The van der Waals surface area contributed by atoms with E-state index in [0.717, 1.165) is 18.0 Å². The van der Waals surface area contributed by atoms with E-state index in [1.54, 1.807) is 0 Å². The molecule has 3 heteroatoms. The third-order valence-electron chi connectivity index (χ3n) is 2.87. The maximum absolute atomic E-state index is 5.88. The smallest absolute Gasteiger partial charge is 0.0576 e. The van der Waals surface area contributed by atoms with Crippen LogP contribution in [0.3, 0.4) is 0 Å². The van der Waals surface area contributed by atoms with Crippen LogP contribution in [0.5, 0.6) is 0 Å². The van der Waals surface area contributed by atoms with Gasteiger partial charge in [0.25, 0.3) is 0 Å². The number of thioether (sulfide) groups is 1. The van der Waals surface area contributed by atoms with E-state index in [2.05, 4.69) is 6.07 Å². The molecule has 1 aromatic rings. The Morgan fingerprint density at radius 2 is 2.25 bits per heavy atom. The number of hydrogen-bond donors (Lipinski definition) is 1. The predicted molar refractivity (Wildman–Crippen MR) is 69.8 cm³/mol. The van der Waals surface area contributed by atoms with Gasteiger partial charge in [-0.15, -0.1) is 11.8 Å². The third-order valence-corrected chi connectivity index (χ3v) is 4.05. The zero-order chi connectivity index (χ0) is 11.2. The third kappa shape index (κ3) is 3.42. The average Bonchev–Trinajstić information content (AvgIpc) is 2.79. The van der Waals surface area contributed by atoms with Gasteiger partial charge in [0, 0.05) is 17.2 Å². The van der Waals surface area contributed by atoms with Crippen LogP contribution in [-0.2, 0) is 4.74 Å². The zero-order valence-corrected chi connectivity index (χ0v) is 10.3. The largest absolute Gasteiger partial charge is 0.398 e. The van der Waals surface area contributed by atoms with Gasteiger partial charge < -0.3 is 10.5 Å². The Kier molecular flexibility index (Phi) is 4.55. The molecule has 2 rings (SSSR count). The lowest BCUT2D eigenvalue weighted by molar-refractivity contribution is 0.104. The lowest BCUT2D eigenvalue weighted by Crippen LogP contribution is -2.04. The molecule has 1 fully saturated rings. The molecule has 0 amide bonds. The molecule has 88 valence electrons. The van der Waals surface area contributed by atoms with Gasteiger partial charge >= 0.3 is 0 Å². The van der Waals surface area contributed by atoms with Crippen molar-refractivity contribution in [3.63, 3.8) is 0 Å². The highest BCUT2D eigenvalue weighted by molar-refractivity contribution is 7.99. The van der Waals surface area contributed by atoms with E-state index >= 15 is 0 Å². The van der Waals surface area contributed by atoms with Crippen molar-refractivity contribution >= 4 is 17.4 Å². The minimum absolute atomic E-state index is 0.522. The van der Waals surface area contributed by atoms with E-state index in [0.29, 0.717) is 6.10 Å². The van der Waals surface area contributed by atoms with Gasteiger partial charge in [0.05, 0.1) is 6.10 Å². The lowest BCUT2D eigenvalue weighted by Gasteiger charge is -2.09. The minimum atomic E-state index is 0.522. The number of ether oxygens (including phenoxy) is 1. The van der Waals surface area contributed by atoms with Gasteiger partial charge in [0.1, 0.15) is 0 Å². The summed E-state index contributed by atoms with van der Waals surface area (Å²) in [5, 5.41) is 0. The Hall–Kier alpha value is -0.670. The second kappa shape index (κ2) is 6.16. The van der Waals surface area contributed by atoms with E-state index in [-0.39, 0.29) is 0 Å². The van der Waals surface area contributed by atoms with Crippen molar-refractivity contribution in [1.82, 2.24) is 0 Å². The fourth-order valence-electron chi connectivity index (χ4n) is 1.98. The van der Waals surface area contributed by atoms with Gasteiger partial charge in [-0.2, -0.15) is 0 Å². The van der Waals surface area contributed by atoms with Crippen LogP contribution in [0.4, 0.5) is 5.69 Å². The summed E-state index contributed by atoms with van der Waals surface area (Å²) < 4.78 is 5.59. The molecular weight excluding hydrogens is 218 g/mol. The number of para-hydroxylation sites is 1. The van der Waals surface area contributed by atoms with Crippen LogP contribution < -0.4 is 5.73 Å². The first-order valence-electron chi connectivity index (χ1n) is 5.95.